The minimum absolute atomic E-state index is 0.0219. The highest BCUT2D eigenvalue weighted by molar-refractivity contribution is 5.75. The molecule has 2 rings (SSSR count). The van der Waals surface area contributed by atoms with Gasteiger partial charge in [-0.3, -0.25) is 9.63 Å². The summed E-state index contributed by atoms with van der Waals surface area (Å²) < 4.78 is 4.82. The molecule has 0 aromatic rings. The van der Waals surface area contributed by atoms with Gasteiger partial charge in [0.15, 0.2) is 0 Å². The lowest BCUT2D eigenvalue weighted by Crippen LogP contribution is -2.28. The number of ether oxygens (including phenoxy) is 1. The second-order valence-electron chi connectivity index (χ2n) is 5.01. The molecule has 1 N–H and O–H groups in total. The SMILES string of the molecule is COCCONC(=O)CC1CC2CCC1C2. The number of hydrogen-bond acceptors (Lipinski definition) is 3. The van der Waals surface area contributed by atoms with Crippen molar-refractivity contribution in [1.82, 2.24) is 5.48 Å². The highest BCUT2D eigenvalue weighted by Crippen LogP contribution is 2.49. The molecule has 1 amide bonds. The minimum Gasteiger partial charge on any atom is -0.382 e. The van der Waals surface area contributed by atoms with Crippen LogP contribution in [0.25, 0.3) is 0 Å². The zero-order valence-corrected chi connectivity index (χ0v) is 9.91. The molecule has 92 valence electrons. The van der Waals surface area contributed by atoms with E-state index in [0.717, 1.165) is 11.8 Å². The fourth-order valence-electron chi connectivity index (χ4n) is 3.16. The molecular weight excluding hydrogens is 206 g/mol. The smallest absolute Gasteiger partial charge is 0.243 e. The van der Waals surface area contributed by atoms with Gasteiger partial charge in [-0.2, -0.15) is 0 Å². The van der Waals surface area contributed by atoms with E-state index in [9.17, 15) is 4.79 Å². The van der Waals surface area contributed by atoms with Crippen molar-refractivity contribution in [2.75, 3.05) is 20.3 Å². The summed E-state index contributed by atoms with van der Waals surface area (Å²) >= 11 is 0. The Morgan fingerprint density at radius 1 is 1.31 bits per heavy atom. The van der Waals surface area contributed by atoms with E-state index in [2.05, 4.69) is 5.48 Å². The molecule has 2 saturated carbocycles. The summed E-state index contributed by atoms with van der Waals surface area (Å²) in [4.78, 5) is 16.6. The summed E-state index contributed by atoms with van der Waals surface area (Å²) in [6.45, 7) is 0.924. The summed E-state index contributed by atoms with van der Waals surface area (Å²) in [6, 6.07) is 0. The summed E-state index contributed by atoms with van der Waals surface area (Å²) in [5.41, 5.74) is 2.48. The fourth-order valence-corrected chi connectivity index (χ4v) is 3.16. The van der Waals surface area contributed by atoms with Crippen molar-refractivity contribution < 1.29 is 14.4 Å². The molecule has 0 aliphatic heterocycles. The van der Waals surface area contributed by atoms with E-state index < -0.39 is 0 Å². The number of rotatable bonds is 6. The van der Waals surface area contributed by atoms with Crippen LogP contribution < -0.4 is 5.48 Å². The first-order valence-corrected chi connectivity index (χ1v) is 6.19. The van der Waals surface area contributed by atoms with Crippen LogP contribution in [0.15, 0.2) is 0 Å². The Hall–Kier alpha value is -0.610. The van der Waals surface area contributed by atoms with Crippen LogP contribution in [0.2, 0.25) is 0 Å². The van der Waals surface area contributed by atoms with Crippen LogP contribution in [-0.4, -0.2) is 26.2 Å². The largest absolute Gasteiger partial charge is 0.382 e. The van der Waals surface area contributed by atoms with Gasteiger partial charge in [-0.1, -0.05) is 6.42 Å². The maximum absolute atomic E-state index is 11.6. The lowest BCUT2D eigenvalue weighted by Gasteiger charge is -2.20. The number of hydrogen-bond donors (Lipinski definition) is 1. The van der Waals surface area contributed by atoms with E-state index >= 15 is 0 Å². The van der Waals surface area contributed by atoms with Gasteiger partial charge in [0, 0.05) is 13.5 Å². The predicted molar refractivity (Wildman–Crippen MR) is 59.5 cm³/mol. The van der Waals surface area contributed by atoms with Gasteiger partial charge in [-0.05, 0) is 37.0 Å². The van der Waals surface area contributed by atoms with E-state index in [0.29, 0.717) is 25.6 Å². The number of hydroxylamine groups is 1. The molecule has 2 aliphatic carbocycles. The highest BCUT2D eigenvalue weighted by atomic mass is 16.7. The topological polar surface area (TPSA) is 47.6 Å². The van der Waals surface area contributed by atoms with Crippen LogP contribution in [-0.2, 0) is 14.4 Å². The normalized spacial score (nSPS) is 31.9. The Bertz CT molecular complexity index is 244. The second-order valence-corrected chi connectivity index (χ2v) is 5.01. The number of carbonyl (C=O) groups is 1. The Morgan fingerprint density at radius 3 is 2.81 bits per heavy atom. The molecule has 0 radical (unpaired) electrons. The Kier molecular flexibility index (Phi) is 4.18. The standard InChI is InChI=1S/C12H21NO3/c1-15-4-5-16-13-12(14)8-11-7-9-2-3-10(11)6-9/h9-11H,2-8H2,1H3,(H,13,14). The molecule has 16 heavy (non-hydrogen) atoms. The van der Waals surface area contributed by atoms with E-state index in [1.54, 1.807) is 7.11 Å². The van der Waals surface area contributed by atoms with Gasteiger partial charge in [0.25, 0.3) is 0 Å². The average molecular weight is 227 g/mol. The molecule has 0 spiro atoms. The van der Waals surface area contributed by atoms with Crippen LogP contribution in [0.4, 0.5) is 0 Å². The third-order valence-electron chi connectivity index (χ3n) is 3.91. The molecule has 4 nitrogen and oxygen atoms in total. The monoisotopic (exact) mass is 227 g/mol. The number of amides is 1. The number of fused-ring (bicyclic) bond motifs is 2. The van der Waals surface area contributed by atoms with Crippen molar-refractivity contribution in [3.05, 3.63) is 0 Å². The van der Waals surface area contributed by atoms with Crippen molar-refractivity contribution in [3.8, 4) is 0 Å². The van der Waals surface area contributed by atoms with Gasteiger partial charge in [0.05, 0.1) is 13.2 Å². The first kappa shape index (κ1) is 11.9. The van der Waals surface area contributed by atoms with E-state index in [1.165, 1.54) is 25.7 Å². The number of nitrogens with one attached hydrogen (secondary N) is 1. The molecule has 3 unspecified atom stereocenters. The molecule has 4 heteroatoms. The highest BCUT2D eigenvalue weighted by Gasteiger charge is 2.40. The van der Waals surface area contributed by atoms with Crippen molar-refractivity contribution in [1.29, 1.82) is 0 Å². The van der Waals surface area contributed by atoms with Crippen LogP contribution in [0.3, 0.4) is 0 Å². The van der Waals surface area contributed by atoms with E-state index in [-0.39, 0.29) is 5.91 Å². The zero-order chi connectivity index (χ0) is 11.4. The van der Waals surface area contributed by atoms with Crippen LogP contribution in [0.1, 0.15) is 32.1 Å². The Morgan fingerprint density at radius 2 is 2.19 bits per heavy atom. The number of carbonyl (C=O) groups excluding carboxylic acids is 1. The third-order valence-corrected chi connectivity index (χ3v) is 3.91. The lowest BCUT2D eigenvalue weighted by atomic mass is 9.86. The van der Waals surface area contributed by atoms with E-state index in [4.69, 9.17) is 9.57 Å². The quantitative estimate of drug-likeness (QED) is 0.552. The van der Waals surface area contributed by atoms with Gasteiger partial charge < -0.3 is 4.74 Å². The zero-order valence-electron chi connectivity index (χ0n) is 9.91. The molecule has 3 atom stereocenters. The third kappa shape index (κ3) is 2.95. The van der Waals surface area contributed by atoms with Gasteiger partial charge in [0.2, 0.25) is 5.91 Å². The van der Waals surface area contributed by atoms with Crippen LogP contribution >= 0.6 is 0 Å². The molecule has 0 aromatic carbocycles. The van der Waals surface area contributed by atoms with Crippen LogP contribution in [0, 0.1) is 17.8 Å². The Balaban J connectivity index is 1.60. The minimum atomic E-state index is 0.0219. The van der Waals surface area contributed by atoms with Gasteiger partial charge in [0.1, 0.15) is 0 Å². The van der Waals surface area contributed by atoms with E-state index in [1.807, 2.05) is 0 Å². The fraction of sp³-hybridized carbons (Fsp3) is 0.917. The summed E-state index contributed by atoms with van der Waals surface area (Å²) in [5, 5.41) is 0. The maximum atomic E-state index is 11.6. The summed E-state index contributed by atoms with van der Waals surface area (Å²) in [6.07, 6.45) is 5.94. The lowest BCUT2D eigenvalue weighted by molar-refractivity contribution is -0.135. The first-order valence-electron chi connectivity index (χ1n) is 6.19. The number of methoxy groups -OCH3 is 1. The molecule has 2 bridgehead atoms. The Labute approximate surface area is 96.6 Å². The molecule has 0 saturated heterocycles. The van der Waals surface area contributed by atoms with Gasteiger partial charge >= 0.3 is 0 Å². The maximum Gasteiger partial charge on any atom is 0.243 e. The van der Waals surface area contributed by atoms with Crippen molar-refractivity contribution in [2.45, 2.75) is 32.1 Å². The molecule has 0 heterocycles. The average Bonchev–Trinajstić information content (AvgIpc) is 2.86. The van der Waals surface area contributed by atoms with Crippen molar-refractivity contribution >= 4 is 5.91 Å². The first-order chi connectivity index (χ1) is 7.79. The molecule has 2 aliphatic rings. The predicted octanol–water partition coefficient (Wildman–Crippen LogP) is 1.51. The molecule has 2 fully saturated rings. The van der Waals surface area contributed by atoms with Crippen molar-refractivity contribution in [2.24, 2.45) is 17.8 Å². The molecule has 0 aromatic heterocycles. The molecular formula is C12H21NO3. The summed E-state index contributed by atoms with van der Waals surface area (Å²) in [7, 11) is 1.61. The van der Waals surface area contributed by atoms with Gasteiger partial charge in [-0.15, -0.1) is 0 Å². The van der Waals surface area contributed by atoms with Crippen molar-refractivity contribution in [3.63, 3.8) is 0 Å². The summed E-state index contributed by atoms with van der Waals surface area (Å²) in [5.74, 6) is 2.32. The second kappa shape index (κ2) is 5.64. The van der Waals surface area contributed by atoms with Gasteiger partial charge in [-0.25, -0.2) is 5.48 Å². The van der Waals surface area contributed by atoms with Crippen LogP contribution in [0.5, 0.6) is 0 Å².